The van der Waals surface area contributed by atoms with Crippen LogP contribution < -0.4 is 0 Å². The van der Waals surface area contributed by atoms with Crippen molar-refractivity contribution in [2.75, 3.05) is 10.7 Å². The first-order valence-corrected chi connectivity index (χ1v) is 6.24. The molecule has 0 spiro atoms. The Balaban J connectivity index is 2.29. The van der Waals surface area contributed by atoms with Gasteiger partial charge in [-0.15, -0.1) is 0 Å². The summed E-state index contributed by atoms with van der Waals surface area (Å²) < 4.78 is 0. The van der Waals surface area contributed by atoms with E-state index >= 15 is 0 Å². The second-order valence-electron chi connectivity index (χ2n) is 3.11. The van der Waals surface area contributed by atoms with Gasteiger partial charge in [0, 0.05) is 10.7 Å². The van der Waals surface area contributed by atoms with E-state index in [0.29, 0.717) is 0 Å². The predicted molar refractivity (Wildman–Crippen MR) is 53.0 cm³/mol. The van der Waals surface area contributed by atoms with Crippen LogP contribution in [0.2, 0.25) is 0 Å². The fraction of sp³-hybridized carbons (Fsp3) is 1.00. The molecule has 0 aliphatic heterocycles. The number of alkyl halides is 2. The molecule has 10 heavy (non-hydrogen) atoms. The Morgan fingerprint density at radius 1 is 1.10 bits per heavy atom. The molecule has 0 aromatic heterocycles. The van der Waals surface area contributed by atoms with Crippen LogP contribution in [0.1, 0.15) is 25.7 Å². The average molecular weight is 270 g/mol. The summed E-state index contributed by atoms with van der Waals surface area (Å²) in [5.41, 5.74) is 0. The minimum absolute atomic E-state index is 0.877. The van der Waals surface area contributed by atoms with Gasteiger partial charge in [-0.05, 0) is 11.8 Å². The average Bonchev–Trinajstić information content (AvgIpc) is 2.43. The fourth-order valence-electron chi connectivity index (χ4n) is 1.72. The van der Waals surface area contributed by atoms with Gasteiger partial charge in [0.2, 0.25) is 0 Å². The molecule has 1 saturated carbocycles. The van der Waals surface area contributed by atoms with Crippen LogP contribution in [-0.4, -0.2) is 10.7 Å². The maximum Gasteiger partial charge on any atom is 0.00703 e. The van der Waals surface area contributed by atoms with E-state index in [0.717, 1.165) is 11.8 Å². The second-order valence-corrected chi connectivity index (χ2v) is 4.41. The summed E-state index contributed by atoms with van der Waals surface area (Å²) in [6, 6.07) is 0. The Morgan fingerprint density at radius 3 is 2.00 bits per heavy atom. The highest BCUT2D eigenvalue weighted by Crippen LogP contribution is 2.33. The van der Waals surface area contributed by atoms with Gasteiger partial charge in [-0.3, -0.25) is 0 Å². The van der Waals surface area contributed by atoms with Gasteiger partial charge in [-0.1, -0.05) is 57.5 Å². The number of halogens is 2. The van der Waals surface area contributed by atoms with E-state index in [2.05, 4.69) is 31.9 Å². The number of hydrogen-bond donors (Lipinski definition) is 0. The Bertz CT molecular complexity index is 83.3. The van der Waals surface area contributed by atoms with E-state index in [-0.39, 0.29) is 0 Å². The lowest BCUT2D eigenvalue weighted by Gasteiger charge is -2.17. The first-order valence-electron chi connectivity index (χ1n) is 4.00. The van der Waals surface area contributed by atoms with Crippen molar-refractivity contribution in [3.63, 3.8) is 0 Å². The van der Waals surface area contributed by atoms with E-state index in [1.807, 2.05) is 0 Å². The SMILES string of the molecule is BrCC(CBr)C1CCCC1. The molecule has 60 valence electrons. The summed E-state index contributed by atoms with van der Waals surface area (Å²) in [6.45, 7) is 0. The molecule has 0 aromatic carbocycles. The van der Waals surface area contributed by atoms with Gasteiger partial charge in [0.1, 0.15) is 0 Å². The summed E-state index contributed by atoms with van der Waals surface area (Å²) in [6.07, 6.45) is 5.84. The van der Waals surface area contributed by atoms with Crippen molar-refractivity contribution in [2.45, 2.75) is 25.7 Å². The summed E-state index contributed by atoms with van der Waals surface area (Å²) in [5.74, 6) is 1.88. The topological polar surface area (TPSA) is 0 Å². The summed E-state index contributed by atoms with van der Waals surface area (Å²) in [4.78, 5) is 0. The Labute approximate surface area is 80.0 Å². The minimum Gasteiger partial charge on any atom is -0.0925 e. The molecule has 0 amide bonds. The Hall–Kier alpha value is 0.960. The molecule has 1 rings (SSSR count). The van der Waals surface area contributed by atoms with Gasteiger partial charge in [0.25, 0.3) is 0 Å². The Kier molecular flexibility index (Phi) is 4.31. The van der Waals surface area contributed by atoms with Crippen molar-refractivity contribution < 1.29 is 0 Å². The van der Waals surface area contributed by atoms with Crippen molar-refractivity contribution in [2.24, 2.45) is 11.8 Å². The van der Waals surface area contributed by atoms with Crippen LogP contribution in [0.25, 0.3) is 0 Å². The first kappa shape index (κ1) is 9.05. The van der Waals surface area contributed by atoms with Crippen LogP contribution in [0.4, 0.5) is 0 Å². The molecule has 1 aliphatic rings. The quantitative estimate of drug-likeness (QED) is 0.687. The third-order valence-corrected chi connectivity index (χ3v) is 4.13. The van der Waals surface area contributed by atoms with E-state index < -0.39 is 0 Å². The molecule has 0 nitrogen and oxygen atoms in total. The summed E-state index contributed by atoms with van der Waals surface area (Å²) in [7, 11) is 0. The zero-order valence-electron chi connectivity index (χ0n) is 6.15. The molecular weight excluding hydrogens is 256 g/mol. The lowest BCUT2D eigenvalue weighted by molar-refractivity contribution is 0.412. The zero-order valence-corrected chi connectivity index (χ0v) is 9.33. The first-order chi connectivity index (χ1) is 4.88. The lowest BCUT2D eigenvalue weighted by Crippen LogP contribution is -2.14. The van der Waals surface area contributed by atoms with Crippen molar-refractivity contribution in [3.8, 4) is 0 Å². The highest BCUT2D eigenvalue weighted by molar-refractivity contribution is 9.09. The van der Waals surface area contributed by atoms with Crippen molar-refractivity contribution in [3.05, 3.63) is 0 Å². The molecule has 0 N–H and O–H groups in total. The highest BCUT2D eigenvalue weighted by atomic mass is 79.9. The molecule has 1 fully saturated rings. The van der Waals surface area contributed by atoms with Gasteiger partial charge in [0.05, 0.1) is 0 Å². The normalized spacial score (nSPS) is 20.7. The van der Waals surface area contributed by atoms with Crippen LogP contribution in [0.15, 0.2) is 0 Å². The molecule has 0 heterocycles. The van der Waals surface area contributed by atoms with Crippen LogP contribution in [0.3, 0.4) is 0 Å². The minimum atomic E-state index is 0.877. The van der Waals surface area contributed by atoms with Crippen LogP contribution in [-0.2, 0) is 0 Å². The maximum atomic E-state index is 3.56. The highest BCUT2D eigenvalue weighted by Gasteiger charge is 2.22. The lowest BCUT2D eigenvalue weighted by atomic mass is 9.95. The van der Waals surface area contributed by atoms with E-state index in [1.54, 1.807) is 0 Å². The van der Waals surface area contributed by atoms with E-state index in [4.69, 9.17) is 0 Å². The Morgan fingerprint density at radius 2 is 1.60 bits per heavy atom. The third kappa shape index (κ3) is 2.23. The second kappa shape index (κ2) is 4.76. The van der Waals surface area contributed by atoms with Crippen molar-refractivity contribution in [1.82, 2.24) is 0 Å². The van der Waals surface area contributed by atoms with Gasteiger partial charge in [-0.2, -0.15) is 0 Å². The maximum absolute atomic E-state index is 3.56. The molecule has 1 aliphatic carbocycles. The molecule has 0 radical (unpaired) electrons. The van der Waals surface area contributed by atoms with Gasteiger partial charge in [-0.25, -0.2) is 0 Å². The summed E-state index contributed by atoms with van der Waals surface area (Å²) >= 11 is 7.11. The number of rotatable bonds is 3. The molecular formula is C8H14Br2. The smallest absolute Gasteiger partial charge is 0.00703 e. The monoisotopic (exact) mass is 268 g/mol. The van der Waals surface area contributed by atoms with Crippen LogP contribution in [0.5, 0.6) is 0 Å². The fourth-order valence-corrected chi connectivity index (χ4v) is 3.85. The number of hydrogen-bond acceptors (Lipinski definition) is 0. The van der Waals surface area contributed by atoms with Gasteiger partial charge < -0.3 is 0 Å². The molecule has 0 bridgehead atoms. The molecule has 0 unspecified atom stereocenters. The summed E-state index contributed by atoms with van der Waals surface area (Å²) in [5, 5.41) is 2.34. The van der Waals surface area contributed by atoms with Crippen molar-refractivity contribution in [1.29, 1.82) is 0 Å². The van der Waals surface area contributed by atoms with E-state index in [9.17, 15) is 0 Å². The van der Waals surface area contributed by atoms with E-state index in [1.165, 1.54) is 36.3 Å². The molecule has 2 heteroatoms. The van der Waals surface area contributed by atoms with Gasteiger partial charge in [0.15, 0.2) is 0 Å². The molecule has 0 saturated heterocycles. The molecule has 0 aromatic rings. The predicted octanol–water partition coefficient (Wildman–Crippen LogP) is 3.58. The zero-order chi connectivity index (χ0) is 7.40. The van der Waals surface area contributed by atoms with Crippen LogP contribution >= 0.6 is 31.9 Å². The van der Waals surface area contributed by atoms with Crippen LogP contribution in [0, 0.1) is 11.8 Å². The standard InChI is InChI=1S/C8H14Br2/c9-5-8(6-10)7-3-1-2-4-7/h7-8H,1-6H2. The molecule has 0 atom stereocenters. The third-order valence-electron chi connectivity index (χ3n) is 2.46. The van der Waals surface area contributed by atoms with Crippen molar-refractivity contribution >= 4 is 31.9 Å². The van der Waals surface area contributed by atoms with Gasteiger partial charge >= 0.3 is 0 Å². The largest absolute Gasteiger partial charge is 0.0925 e.